The Morgan fingerprint density at radius 1 is 1.04 bits per heavy atom. The average Bonchev–Trinajstić information content (AvgIpc) is 3.02. The molecular weight excluding hydrogens is 617 g/mol. The van der Waals surface area contributed by atoms with Crippen LogP contribution >= 0.6 is 0 Å². The molecule has 1 aliphatic heterocycles. The first kappa shape index (κ1) is 36.5. The second kappa shape index (κ2) is 16.6. The SMILES string of the molecule is Cc1cc(CCNC2CCC(OCC3OCCC(O)C3O)CC2)ccc1Oc1ccc(O)cc1.[B]c1nc([B])c(=O)[nH]c1C(F)(F)F. The van der Waals surface area contributed by atoms with Gasteiger partial charge in [0.1, 0.15) is 50.8 Å². The number of phenols is 1. The van der Waals surface area contributed by atoms with Gasteiger partial charge in [-0.3, -0.25) is 9.78 Å². The maximum atomic E-state index is 12.0. The van der Waals surface area contributed by atoms with Crippen LogP contribution in [0.3, 0.4) is 0 Å². The summed E-state index contributed by atoms with van der Waals surface area (Å²) in [5.41, 5.74) is -1.57. The summed E-state index contributed by atoms with van der Waals surface area (Å²) in [6.07, 6.45) is -0.988. The van der Waals surface area contributed by atoms with Crippen molar-refractivity contribution in [2.75, 3.05) is 19.8 Å². The van der Waals surface area contributed by atoms with Crippen molar-refractivity contribution in [2.45, 2.75) is 82.1 Å². The van der Waals surface area contributed by atoms with E-state index in [0.29, 0.717) is 31.4 Å². The van der Waals surface area contributed by atoms with E-state index in [9.17, 15) is 33.3 Å². The molecule has 5 N–H and O–H groups in total. The van der Waals surface area contributed by atoms with Crippen molar-refractivity contribution >= 4 is 26.9 Å². The zero-order valence-corrected chi connectivity index (χ0v) is 26.0. The van der Waals surface area contributed by atoms with Crippen LogP contribution in [0.25, 0.3) is 0 Å². The Labute approximate surface area is 273 Å². The number of benzene rings is 2. The van der Waals surface area contributed by atoms with Gasteiger partial charge < -0.3 is 39.8 Å². The number of ether oxygens (including phenoxy) is 3. The van der Waals surface area contributed by atoms with Gasteiger partial charge in [0.25, 0.3) is 5.56 Å². The third-order valence-electron chi connectivity index (χ3n) is 8.09. The maximum Gasteiger partial charge on any atom is 0.432 e. The van der Waals surface area contributed by atoms with Crippen LogP contribution in [0.5, 0.6) is 17.2 Å². The standard InChI is InChI=1S/C27H37NO6.C5HB2F3N2O/c1-18-16-19(2-11-25(18)34-23-9-5-21(29)6-10-23)12-14-28-20-3-7-22(8-4-20)33-17-26-27(31)24(30)13-15-32-26;6-2-1(5(8,9)10)11-4(13)3(7)12-2/h2,5-6,9-11,16,20,22,24,26-31H,3-4,7-8,12-15,17H2,1H3;(H,11,13). The summed E-state index contributed by atoms with van der Waals surface area (Å²) in [5, 5.41) is 32.9. The van der Waals surface area contributed by atoms with E-state index >= 15 is 0 Å². The maximum absolute atomic E-state index is 12.0. The van der Waals surface area contributed by atoms with E-state index in [1.165, 1.54) is 10.5 Å². The molecule has 1 saturated carbocycles. The molecule has 3 unspecified atom stereocenters. The molecule has 10 nitrogen and oxygen atoms in total. The highest BCUT2D eigenvalue weighted by Gasteiger charge is 2.34. The molecule has 4 radical (unpaired) electrons. The van der Waals surface area contributed by atoms with Gasteiger partial charge in [-0.15, -0.1) is 0 Å². The molecule has 2 heterocycles. The number of hydrogen-bond donors (Lipinski definition) is 5. The number of phenolic OH excluding ortho intramolecular Hbond substituents is 1. The van der Waals surface area contributed by atoms with Gasteiger partial charge in [0.05, 0.1) is 24.4 Å². The van der Waals surface area contributed by atoms with Crippen LogP contribution in [0.1, 0.15) is 48.9 Å². The van der Waals surface area contributed by atoms with Crippen molar-refractivity contribution in [3.63, 3.8) is 0 Å². The molecule has 2 aromatic carbocycles. The van der Waals surface area contributed by atoms with Gasteiger partial charge in [-0.05, 0) is 93.5 Å². The monoisotopic (exact) mass is 655 g/mol. The molecule has 0 amide bonds. The fraction of sp³-hybridized carbons (Fsp3) is 0.500. The quantitative estimate of drug-likeness (QED) is 0.218. The smallest absolute Gasteiger partial charge is 0.432 e. The molecule has 1 saturated heterocycles. The van der Waals surface area contributed by atoms with Crippen LogP contribution in [-0.4, -0.2) is 91.2 Å². The van der Waals surface area contributed by atoms with Crippen molar-refractivity contribution in [1.29, 1.82) is 0 Å². The number of nitrogens with one attached hydrogen (secondary N) is 2. The minimum absolute atomic E-state index is 0.191. The van der Waals surface area contributed by atoms with Crippen LogP contribution in [-0.2, 0) is 22.1 Å². The van der Waals surface area contributed by atoms with Crippen LogP contribution in [0.4, 0.5) is 13.2 Å². The Kier molecular flexibility index (Phi) is 12.9. The topological polar surface area (TPSA) is 146 Å². The third-order valence-corrected chi connectivity index (χ3v) is 8.09. The lowest BCUT2D eigenvalue weighted by Crippen LogP contribution is -2.47. The van der Waals surface area contributed by atoms with Crippen molar-refractivity contribution in [2.24, 2.45) is 0 Å². The van der Waals surface area contributed by atoms with Gasteiger partial charge in [0, 0.05) is 18.2 Å². The van der Waals surface area contributed by atoms with Crippen molar-refractivity contribution in [3.05, 3.63) is 69.6 Å². The second-order valence-electron chi connectivity index (χ2n) is 11.7. The highest BCUT2D eigenvalue weighted by atomic mass is 19.4. The van der Waals surface area contributed by atoms with Gasteiger partial charge in [0.15, 0.2) is 0 Å². The fourth-order valence-electron chi connectivity index (χ4n) is 5.41. The van der Waals surface area contributed by atoms with E-state index < -0.39 is 46.9 Å². The highest BCUT2D eigenvalue weighted by molar-refractivity contribution is 6.34. The summed E-state index contributed by atoms with van der Waals surface area (Å²) in [4.78, 5) is 15.2. The number of H-pyrrole nitrogens is 1. The molecule has 5 rings (SSSR count). The number of aliphatic hydroxyl groups excluding tert-OH is 2. The number of rotatable bonds is 9. The van der Waals surface area contributed by atoms with E-state index in [4.69, 9.17) is 29.9 Å². The number of aromatic hydroxyl groups is 1. The van der Waals surface area contributed by atoms with Crippen molar-refractivity contribution in [1.82, 2.24) is 15.3 Å². The van der Waals surface area contributed by atoms with Crippen molar-refractivity contribution < 1.29 is 42.7 Å². The minimum Gasteiger partial charge on any atom is -0.508 e. The van der Waals surface area contributed by atoms with Crippen LogP contribution in [0, 0.1) is 6.92 Å². The minimum atomic E-state index is -4.73. The van der Waals surface area contributed by atoms with E-state index in [1.807, 2.05) is 13.0 Å². The first-order chi connectivity index (χ1) is 22.3. The molecular formula is C32H38B2F3N3O7. The lowest BCUT2D eigenvalue weighted by Gasteiger charge is -2.34. The van der Waals surface area contributed by atoms with E-state index in [0.717, 1.165) is 50.0 Å². The number of aliphatic hydroxyl groups is 2. The molecule has 250 valence electrons. The molecule has 2 aliphatic rings. The Hall–Kier alpha value is -3.36. The number of nitrogens with zero attached hydrogens (tertiary/aromatic N) is 1. The van der Waals surface area contributed by atoms with E-state index in [1.54, 1.807) is 24.3 Å². The second-order valence-corrected chi connectivity index (χ2v) is 11.7. The largest absolute Gasteiger partial charge is 0.508 e. The molecule has 0 spiro atoms. The summed E-state index contributed by atoms with van der Waals surface area (Å²) in [7, 11) is 9.83. The molecule has 47 heavy (non-hydrogen) atoms. The normalized spacial score (nSPS) is 23.1. The fourth-order valence-corrected chi connectivity index (χ4v) is 5.41. The molecule has 15 heteroatoms. The molecule has 0 bridgehead atoms. The molecule has 1 aromatic heterocycles. The first-order valence-corrected chi connectivity index (χ1v) is 15.4. The zero-order chi connectivity index (χ0) is 34.1. The third kappa shape index (κ3) is 10.8. The average molecular weight is 655 g/mol. The van der Waals surface area contributed by atoms with Crippen LogP contribution in [0.2, 0.25) is 0 Å². The Morgan fingerprint density at radius 3 is 2.40 bits per heavy atom. The number of aromatic nitrogens is 2. The number of aromatic amines is 1. The molecule has 3 aromatic rings. The number of aryl methyl sites for hydroxylation is 1. The summed E-state index contributed by atoms with van der Waals surface area (Å²) >= 11 is 0. The number of alkyl halides is 3. The number of halogens is 3. The zero-order valence-electron chi connectivity index (χ0n) is 26.0. The van der Waals surface area contributed by atoms with Gasteiger partial charge >= 0.3 is 6.18 Å². The summed E-state index contributed by atoms with van der Waals surface area (Å²) in [6.45, 7) is 3.78. The van der Waals surface area contributed by atoms with E-state index in [2.05, 4.69) is 22.4 Å². The first-order valence-electron chi connectivity index (χ1n) is 15.4. The van der Waals surface area contributed by atoms with Crippen LogP contribution < -0.4 is 26.8 Å². The molecule has 3 atom stereocenters. The lowest BCUT2D eigenvalue weighted by atomic mass is 9.92. The van der Waals surface area contributed by atoms with Gasteiger partial charge in [-0.25, -0.2) is 0 Å². The summed E-state index contributed by atoms with van der Waals surface area (Å²) < 4.78 is 53.6. The summed E-state index contributed by atoms with van der Waals surface area (Å²) in [5.74, 6) is 1.75. The predicted octanol–water partition coefficient (Wildman–Crippen LogP) is 1.84. The van der Waals surface area contributed by atoms with Gasteiger partial charge in [-0.2, -0.15) is 13.2 Å². The Bertz CT molecular complexity index is 1500. The van der Waals surface area contributed by atoms with Crippen molar-refractivity contribution in [3.8, 4) is 17.2 Å². The predicted molar refractivity (Wildman–Crippen MR) is 170 cm³/mol. The number of hydrogen-bond acceptors (Lipinski definition) is 9. The van der Waals surface area contributed by atoms with Gasteiger partial charge in [-0.1, -0.05) is 12.1 Å². The Balaban J connectivity index is 0.000000323. The lowest BCUT2D eigenvalue weighted by molar-refractivity contribution is -0.163. The van der Waals surface area contributed by atoms with Gasteiger partial charge in [0.2, 0.25) is 0 Å². The summed E-state index contributed by atoms with van der Waals surface area (Å²) in [6, 6.07) is 13.5. The Morgan fingerprint density at radius 2 is 1.74 bits per heavy atom. The highest BCUT2D eigenvalue weighted by Crippen LogP contribution is 2.28. The van der Waals surface area contributed by atoms with Crippen LogP contribution in [0.15, 0.2) is 47.3 Å². The molecule has 1 aliphatic carbocycles. The molecule has 2 fully saturated rings. The van der Waals surface area contributed by atoms with E-state index in [-0.39, 0.29) is 11.9 Å².